The first-order valence-corrected chi connectivity index (χ1v) is 9.18. The van der Waals surface area contributed by atoms with Crippen LogP contribution in [0.5, 0.6) is 0 Å². The van der Waals surface area contributed by atoms with E-state index in [2.05, 4.69) is 10.3 Å². The van der Waals surface area contributed by atoms with Crippen molar-refractivity contribution in [3.05, 3.63) is 71.4 Å². The quantitative estimate of drug-likeness (QED) is 0.267. The van der Waals surface area contributed by atoms with E-state index in [1.165, 1.54) is 0 Å². The molecule has 0 atom stereocenters. The number of carbonyl (C=O) groups excluding carboxylic acids is 4. The number of fused-ring (bicyclic) bond motifs is 1. The first kappa shape index (κ1) is 19.2. The number of imide groups is 1. The standard InChI is InChI=1S/C21H16N4O5/c1-2-30-21(29)18(26)17-16(13-8-4-3-5-9-13)22-23-25(17)12-24-19(27)14-10-6-7-11-15(14)20(24)28/h3-11H,2,12H2,1H3. The summed E-state index contributed by atoms with van der Waals surface area (Å²) in [4.78, 5) is 51.2. The van der Waals surface area contributed by atoms with Crippen molar-refractivity contribution in [3.8, 4) is 11.3 Å². The van der Waals surface area contributed by atoms with E-state index in [0.717, 1.165) is 9.58 Å². The summed E-state index contributed by atoms with van der Waals surface area (Å²) in [6, 6.07) is 15.1. The molecule has 30 heavy (non-hydrogen) atoms. The maximum absolute atomic E-state index is 12.8. The second kappa shape index (κ2) is 7.70. The summed E-state index contributed by atoms with van der Waals surface area (Å²) in [6.07, 6.45) is 0. The number of Topliss-reactive ketones (excluding diaryl/α,β-unsaturated/α-hetero) is 1. The first-order valence-electron chi connectivity index (χ1n) is 9.18. The Kier molecular flexibility index (Phi) is 4.93. The third-order valence-corrected chi connectivity index (χ3v) is 4.61. The molecule has 2 aromatic carbocycles. The Morgan fingerprint density at radius 2 is 1.53 bits per heavy atom. The molecule has 0 bridgehead atoms. The average Bonchev–Trinajstić information content (AvgIpc) is 3.29. The summed E-state index contributed by atoms with van der Waals surface area (Å²) in [7, 11) is 0. The Hall–Kier alpha value is -4.14. The van der Waals surface area contributed by atoms with E-state index in [-0.39, 0.29) is 35.8 Å². The van der Waals surface area contributed by atoms with Crippen molar-refractivity contribution in [1.82, 2.24) is 19.9 Å². The third-order valence-electron chi connectivity index (χ3n) is 4.61. The van der Waals surface area contributed by atoms with E-state index < -0.39 is 23.6 Å². The van der Waals surface area contributed by atoms with Crippen LogP contribution in [0.15, 0.2) is 54.6 Å². The molecule has 0 unspecified atom stereocenters. The third kappa shape index (κ3) is 3.16. The van der Waals surface area contributed by atoms with E-state index in [9.17, 15) is 19.2 Å². The Bertz CT molecular complexity index is 1130. The minimum absolute atomic E-state index is 0.0191. The summed E-state index contributed by atoms with van der Waals surface area (Å²) >= 11 is 0. The number of esters is 1. The van der Waals surface area contributed by atoms with Crippen molar-refractivity contribution >= 4 is 23.6 Å². The van der Waals surface area contributed by atoms with Crippen molar-refractivity contribution in [1.29, 1.82) is 0 Å². The van der Waals surface area contributed by atoms with Crippen molar-refractivity contribution in [2.24, 2.45) is 0 Å². The van der Waals surface area contributed by atoms with Gasteiger partial charge in [-0.15, -0.1) is 5.10 Å². The molecule has 1 aliphatic heterocycles. The fraction of sp³-hybridized carbons (Fsp3) is 0.143. The molecule has 0 radical (unpaired) electrons. The van der Waals surface area contributed by atoms with Crippen LogP contribution in [0.2, 0.25) is 0 Å². The molecule has 0 saturated carbocycles. The van der Waals surface area contributed by atoms with Gasteiger partial charge in [0.1, 0.15) is 18.1 Å². The zero-order chi connectivity index (χ0) is 21.3. The van der Waals surface area contributed by atoms with E-state index >= 15 is 0 Å². The minimum Gasteiger partial charge on any atom is -0.460 e. The summed E-state index contributed by atoms with van der Waals surface area (Å²) in [5.74, 6) is -3.05. The normalized spacial score (nSPS) is 12.8. The predicted molar refractivity (Wildman–Crippen MR) is 103 cm³/mol. The van der Waals surface area contributed by atoms with Gasteiger partial charge >= 0.3 is 5.97 Å². The smallest absolute Gasteiger partial charge is 0.381 e. The van der Waals surface area contributed by atoms with Gasteiger partial charge in [-0.2, -0.15) is 0 Å². The highest BCUT2D eigenvalue weighted by Crippen LogP contribution is 2.26. The van der Waals surface area contributed by atoms with Crippen LogP contribution in [0.25, 0.3) is 11.3 Å². The highest BCUT2D eigenvalue weighted by molar-refractivity contribution is 6.41. The molecular formula is C21H16N4O5. The topological polar surface area (TPSA) is 111 Å². The van der Waals surface area contributed by atoms with Crippen LogP contribution in [0.3, 0.4) is 0 Å². The van der Waals surface area contributed by atoms with Gasteiger partial charge in [0.05, 0.1) is 17.7 Å². The lowest BCUT2D eigenvalue weighted by atomic mass is 10.1. The fourth-order valence-electron chi connectivity index (χ4n) is 3.22. The zero-order valence-electron chi connectivity index (χ0n) is 15.9. The van der Waals surface area contributed by atoms with Crippen molar-refractivity contribution < 1.29 is 23.9 Å². The average molecular weight is 404 g/mol. The molecule has 9 nitrogen and oxygen atoms in total. The predicted octanol–water partition coefficient (Wildman–Crippen LogP) is 1.94. The number of amides is 2. The molecule has 1 aliphatic rings. The molecule has 2 heterocycles. The molecule has 2 amide bonds. The molecule has 0 fully saturated rings. The van der Waals surface area contributed by atoms with Crippen LogP contribution in [0.1, 0.15) is 38.1 Å². The number of nitrogens with zero attached hydrogens (tertiary/aromatic N) is 4. The molecule has 150 valence electrons. The van der Waals surface area contributed by atoms with Crippen molar-refractivity contribution in [2.75, 3.05) is 6.61 Å². The molecule has 0 spiro atoms. The van der Waals surface area contributed by atoms with Crippen LogP contribution in [-0.2, 0) is 16.2 Å². The lowest BCUT2D eigenvalue weighted by molar-refractivity contribution is -0.137. The number of ether oxygens (including phenoxy) is 1. The van der Waals surface area contributed by atoms with Crippen LogP contribution in [-0.4, -0.2) is 50.1 Å². The molecule has 0 aliphatic carbocycles. The molecule has 1 aromatic heterocycles. The van der Waals surface area contributed by atoms with Gasteiger partial charge in [-0.25, -0.2) is 9.48 Å². The maximum atomic E-state index is 12.8. The van der Waals surface area contributed by atoms with Gasteiger partial charge in [-0.05, 0) is 19.1 Å². The van der Waals surface area contributed by atoms with Crippen LogP contribution >= 0.6 is 0 Å². The van der Waals surface area contributed by atoms with Gasteiger partial charge in [0.15, 0.2) is 0 Å². The van der Waals surface area contributed by atoms with Crippen LogP contribution < -0.4 is 0 Å². The molecule has 4 rings (SSSR count). The minimum atomic E-state index is -1.07. The second-order valence-electron chi connectivity index (χ2n) is 6.43. The van der Waals surface area contributed by atoms with Gasteiger partial charge in [-0.1, -0.05) is 47.7 Å². The number of benzene rings is 2. The first-order chi connectivity index (χ1) is 14.5. The van der Waals surface area contributed by atoms with Gasteiger partial charge in [0.2, 0.25) is 0 Å². The van der Waals surface area contributed by atoms with Crippen molar-refractivity contribution in [3.63, 3.8) is 0 Å². The number of hydrogen-bond donors (Lipinski definition) is 0. The lowest BCUT2D eigenvalue weighted by Crippen LogP contribution is -2.34. The highest BCUT2D eigenvalue weighted by atomic mass is 16.5. The SMILES string of the molecule is CCOC(=O)C(=O)c1c(-c2ccccc2)nnn1CN1C(=O)c2ccccc2C1=O. The van der Waals surface area contributed by atoms with E-state index in [4.69, 9.17) is 4.74 Å². The molecule has 0 saturated heterocycles. The molecule has 3 aromatic rings. The monoisotopic (exact) mass is 404 g/mol. The number of ketones is 1. The number of carbonyl (C=O) groups is 4. The van der Waals surface area contributed by atoms with Gasteiger partial charge in [0.25, 0.3) is 17.6 Å². The van der Waals surface area contributed by atoms with Crippen molar-refractivity contribution in [2.45, 2.75) is 13.6 Å². The summed E-state index contributed by atoms with van der Waals surface area (Å²) in [5.41, 5.74) is 1.09. The summed E-state index contributed by atoms with van der Waals surface area (Å²) < 4.78 is 5.90. The zero-order valence-corrected chi connectivity index (χ0v) is 15.9. The molecule has 9 heteroatoms. The van der Waals surface area contributed by atoms with E-state index in [1.54, 1.807) is 61.5 Å². The van der Waals surface area contributed by atoms with Crippen LogP contribution in [0.4, 0.5) is 0 Å². The molecular weight excluding hydrogens is 388 g/mol. The Morgan fingerprint density at radius 3 is 2.13 bits per heavy atom. The Morgan fingerprint density at radius 1 is 0.933 bits per heavy atom. The van der Waals surface area contributed by atoms with Gasteiger partial charge < -0.3 is 4.74 Å². The lowest BCUT2D eigenvalue weighted by Gasteiger charge is -2.15. The van der Waals surface area contributed by atoms with Gasteiger partial charge in [0, 0.05) is 5.56 Å². The van der Waals surface area contributed by atoms with Crippen LogP contribution in [0, 0.1) is 0 Å². The Labute approximate surface area is 170 Å². The highest BCUT2D eigenvalue weighted by Gasteiger charge is 2.37. The largest absolute Gasteiger partial charge is 0.460 e. The second-order valence-corrected chi connectivity index (χ2v) is 6.43. The maximum Gasteiger partial charge on any atom is 0.381 e. The summed E-state index contributed by atoms with van der Waals surface area (Å²) in [5, 5.41) is 7.97. The summed E-state index contributed by atoms with van der Waals surface area (Å²) in [6.45, 7) is 1.23. The molecule has 0 N–H and O–H groups in total. The fourth-order valence-corrected chi connectivity index (χ4v) is 3.22. The van der Waals surface area contributed by atoms with Gasteiger partial charge in [-0.3, -0.25) is 19.3 Å². The Balaban J connectivity index is 1.75. The number of hydrogen-bond acceptors (Lipinski definition) is 7. The number of rotatable bonds is 6. The van der Waals surface area contributed by atoms with E-state index in [0.29, 0.717) is 5.56 Å². The number of aromatic nitrogens is 3. The van der Waals surface area contributed by atoms with E-state index in [1.807, 2.05) is 0 Å².